The fourth-order valence-electron chi connectivity index (χ4n) is 0.407. The summed E-state index contributed by atoms with van der Waals surface area (Å²) in [6.45, 7) is 3.86. The second-order valence-corrected chi connectivity index (χ2v) is 8.35. The molecule has 0 atom stereocenters. The maximum Gasteiger partial charge on any atom is 0.0698 e. The molecule has 0 aromatic rings. The van der Waals surface area contributed by atoms with Crippen molar-refractivity contribution in [3.8, 4) is 0 Å². The fourth-order valence-corrected chi connectivity index (χ4v) is 1.10. The van der Waals surface area contributed by atoms with E-state index in [9.17, 15) is 0 Å². The van der Waals surface area contributed by atoms with E-state index < -0.39 is 5.99 Å². The molecule has 0 unspecified atom stereocenters. The van der Waals surface area contributed by atoms with Crippen LogP contribution in [0.15, 0.2) is 12.7 Å². The van der Waals surface area contributed by atoms with E-state index in [-0.39, 0.29) is 19.8 Å². The second kappa shape index (κ2) is 9.53. The zero-order valence-electron chi connectivity index (χ0n) is 8.63. The Kier molecular flexibility index (Phi) is 11.2. The number of aliphatic hydroxyl groups is 2. The van der Waals surface area contributed by atoms with E-state index in [2.05, 4.69) is 15.8 Å². The number of ether oxygens (including phenoxy) is 1. The van der Waals surface area contributed by atoms with Crippen molar-refractivity contribution >= 4 is 28.5 Å². The van der Waals surface area contributed by atoms with Gasteiger partial charge in [-0.15, -0.1) is 0 Å². The van der Waals surface area contributed by atoms with Gasteiger partial charge in [0.15, 0.2) is 0 Å². The molecule has 0 aliphatic carbocycles. The molecule has 0 saturated heterocycles. The number of hydrogen-bond donors (Lipinski definition) is 4. The molecule has 4 N–H and O–H groups in total. The molecular formula is C7H17Cl2O6P. The van der Waals surface area contributed by atoms with Crippen LogP contribution in [0.4, 0.5) is 0 Å². The molecule has 0 bridgehead atoms. The van der Waals surface area contributed by atoms with Gasteiger partial charge < -0.3 is 14.9 Å². The Bertz CT molecular complexity index is 170. The summed E-state index contributed by atoms with van der Waals surface area (Å²) in [5.74, 6) is -4.75. The Balaban J connectivity index is 0. The van der Waals surface area contributed by atoms with Gasteiger partial charge in [-0.25, -0.2) is 0 Å². The minimum absolute atomic E-state index is 0.0278. The van der Waals surface area contributed by atoms with E-state index in [0.717, 1.165) is 0 Å². The molecule has 0 aliphatic rings. The normalized spacial score (nSPS) is 13.2. The van der Waals surface area contributed by atoms with Crippen LogP contribution in [0.25, 0.3) is 0 Å². The maximum absolute atomic E-state index is 8.56. The van der Waals surface area contributed by atoms with Crippen LogP contribution >= 0.6 is 28.5 Å². The molecule has 0 aromatic carbocycles. The molecule has 9 heteroatoms. The van der Waals surface area contributed by atoms with E-state index >= 15 is 0 Å². The number of rotatable bonds is 7. The van der Waals surface area contributed by atoms with Gasteiger partial charge in [-0.3, -0.25) is 0 Å². The van der Waals surface area contributed by atoms with Gasteiger partial charge in [-0.1, -0.05) is 0 Å². The van der Waals surface area contributed by atoms with Crippen LogP contribution in [0.2, 0.25) is 0 Å². The van der Waals surface area contributed by atoms with E-state index in [1.165, 1.54) is 6.08 Å². The third-order valence-electron chi connectivity index (χ3n) is 0.877. The third-order valence-corrected chi connectivity index (χ3v) is 2.04. The van der Waals surface area contributed by atoms with Crippen LogP contribution in [0.5, 0.6) is 0 Å². The average Bonchev–Trinajstić information content (AvgIpc) is 2.15. The van der Waals surface area contributed by atoms with Gasteiger partial charge in [0.05, 0.1) is 26.4 Å². The maximum atomic E-state index is 8.56. The molecule has 0 heterocycles. The monoisotopic (exact) mass is 298 g/mol. The van der Waals surface area contributed by atoms with Gasteiger partial charge >= 0.3 is 62.0 Å². The zero-order valence-corrected chi connectivity index (χ0v) is 11.0. The van der Waals surface area contributed by atoms with Crippen molar-refractivity contribution in [2.75, 3.05) is 33.0 Å². The first-order valence-corrected chi connectivity index (χ1v) is 8.11. The molecule has 100 valence electrons. The SMILES string of the molecule is C=CCOP(O)(O)(Cl)Cl.OCCOCCO. The van der Waals surface area contributed by atoms with Gasteiger partial charge in [0.2, 0.25) is 0 Å². The molecule has 16 heavy (non-hydrogen) atoms. The smallest absolute Gasteiger partial charge is 0.0698 e. The van der Waals surface area contributed by atoms with Crippen LogP contribution < -0.4 is 0 Å². The van der Waals surface area contributed by atoms with Gasteiger partial charge in [-0.2, -0.15) is 0 Å². The van der Waals surface area contributed by atoms with E-state index in [1.54, 1.807) is 0 Å². The summed E-state index contributed by atoms with van der Waals surface area (Å²) < 4.78 is 8.85. The molecule has 0 aliphatic heterocycles. The Morgan fingerprint density at radius 2 is 1.56 bits per heavy atom. The van der Waals surface area contributed by atoms with Gasteiger partial charge in [-0.05, 0) is 0 Å². The predicted molar refractivity (Wildman–Crippen MR) is 64.2 cm³/mol. The predicted octanol–water partition coefficient (Wildman–Crippen LogP) is 0.767. The largest absolute Gasteiger partial charge is 0.394 e. The summed E-state index contributed by atoms with van der Waals surface area (Å²) in [5, 5.41) is 16.2. The Hall–Kier alpha value is 0.510. The third kappa shape index (κ3) is 24.0. The van der Waals surface area contributed by atoms with Crippen molar-refractivity contribution in [3.05, 3.63) is 12.7 Å². The van der Waals surface area contributed by atoms with E-state index in [1.807, 2.05) is 0 Å². The van der Waals surface area contributed by atoms with Crippen LogP contribution in [-0.4, -0.2) is 53.0 Å². The molecule has 0 amide bonds. The number of hydrogen-bond acceptors (Lipinski definition) is 6. The van der Waals surface area contributed by atoms with Crippen molar-refractivity contribution in [1.82, 2.24) is 0 Å². The molecule has 6 nitrogen and oxygen atoms in total. The first-order chi connectivity index (χ1) is 7.23. The second-order valence-electron chi connectivity index (χ2n) is 2.40. The first kappa shape index (κ1) is 18.9. The number of halogens is 2. The quantitative estimate of drug-likeness (QED) is 0.315. The standard InChI is InChI=1S/C4H10O3.C3H7Cl2O3P/c5-1-3-7-4-2-6;1-2-3-8-9(4,5,6)7/h5-6H,1-4H2;2,6-7H,1,3H2. The Labute approximate surface area is 104 Å². The summed E-state index contributed by atoms with van der Waals surface area (Å²) >= 11 is 9.81. The molecule has 0 radical (unpaired) electrons. The van der Waals surface area contributed by atoms with Crippen LogP contribution in [0.3, 0.4) is 0 Å². The fraction of sp³-hybridized carbons (Fsp3) is 0.714. The van der Waals surface area contributed by atoms with Crippen molar-refractivity contribution in [3.63, 3.8) is 0 Å². The molecule has 0 saturated carbocycles. The van der Waals surface area contributed by atoms with Crippen molar-refractivity contribution < 1.29 is 29.3 Å². The van der Waals surface area contributed by atoms with Gasteiger partial charge in [0.1, 0.15) is 0 Å². The molecule has 0 rings (SSSR count). The minimum atomic E-state index is -4.75. The van der Waals surface area contributed by atoms with Crippen molar-refractivity contribution in [1.29, 1.82) is 0 Å². The van der Waals surface area contributed by atoms with E-state index in [0.29, 0.717) is 13.2 Å². The van der Waals surface area contributed by atoms with Gasteiger partial charge in [0.25, 0.3) is 0 Å². The van der Waals surface area contributed by atoms with Crippen LogP contribution in [0, 0.1) is 0 Å². The molecular weight excluding hydrogens is 282 g/mol. The Morgan fingerprint density at radius 1 is 1.12 bits per heavy atom. The van der Waals surface area contributed by atoms with Gasteiger partial charge in [0, 0.05) is 0 Å². The minimum Gasteiger partial charge on any atom is -0.394 e. The zero-order chi connectivity index (χ0) is 13.1. The summed E-state index contributed by atoms with van der Waals surface area (Å²) in [6.07, 6.45) is 1.30. The van der Waals surface area contributed by atoms with Crippen LogP contribution in [-0.2, 0) is 9.26 Å². The molecule has 0 aromatic heterocycles. The van der Waals surface area contributed by atoms with Crippen LogP contribution in [0.1, 0.15) is 0 Å². The summed E-state index contributed by atoms with van der Waals surface area (Å²) in [5.41, 5.74) is 0. The average molecular weight is 299 g/mol. The van der Waals surface area contributed by atoms with Crippen molar-refractivity contribution in [2.24, 2.45) is 0 Å². The first-order valence-electron chi connectivity index (χ1n) is 4.24. The summed E-state index contributed by atoms with van der Waals surface area (Å²) in [7, 11) is 0. The number of aliphatic hydroxyl groups excluding tert-OH is 2. The summed E-state index contributed by atoms with van der Waals surface area (Å²) in [6, 6.07) is 0. The topological polar surface area (TPSA) is 99.4 Å². The molecule has 0 spiro atoms. The van der Waals surface area contributed by atoms with Crippen molar-refractivity contribution in [2.45, 2.75) is 0 Å². The van der Waals surface area contributed by atoms with E-state index in [4.69, 9.17) is 42.5 Å². The molecule has 0 fully saturated rings. The summed E-state index contributed by atoms with van der Waals surface area (Å²) in [4.78, 5) is 17.1. The Morgan fingerprint density at radius 3 is 1.75 bits per heavy atom.